The van der Waals surface area contributed by atoms with Crippen LogP contribution in [0.25, 0.3) is 0 Å². The van der Waals surface area contributed by atoms with Crippen molar-refractivity contribution in [2.45, 2.75) is 25.5 Å². The van der Waals surface area contributed by atoms with Gasteiger partial charge in [0.25, 0.3) is 5.69 Å². The molecule has 0 aromatic heterocycles. The summed E-state index contributed by atoms with van der Waals surface area (Å²) in [7, 11) is 0. The summed E-state index contributed by atoms with van der Waals surface area (Å²) < 4.78 is 0. The fourth-order valence-corrected chi connectivity index (χ4v) is 1.54. The molecule has 0 spiro atoms. The Hall–Kier alpha value is -0.880. The molecule has 0 radical (unpaired) electrons. The lowest BCUT2D eigenvalue weighted by molar-refractivity contribution is -0.384. The zero-order valence-corrected chi connectivity index (χ0v) is 10.7. The molecule has 96 valence electrons. The van der Waals surface area contributed by atoms with E-state index in [0.717, 1.165) is 0 Å². The fraction of sp³-hybridized carbons (Fsp3) is 0.400. The lowest BCUT2D eigenvalue weighted by Gasteiger charge is -2.17. The Morgan fingerprint density at radius 1 is 1.59 bits per heavy atom. The molecule has 0 fully saturated rings. The van der Waals surface area contributed by atoms with Crippen molar-refractivity contribution >= 4 is 29.7 Å². The summed E-state index contributed by atoms with van der Waals surface area (Å²) in [4.78, 5) is 10.1. The molecule has 0 aliphatic rings. The third-order valence-corrected chi connectivity index (χ3v) is 2.70. The van der Waals surface area contributed by atoms with Crippen molar-refractivity contribution in [1.82, 2.24) is 0 Å². The maximum atomic E-state index is 10.7. The minimum Gasteiger partial charge on any atom is -0.391 e. The number of halogens is 2. The van der Waals surface area contributed by atoms with Gasteiger partial charge >= 0.3 is 0 Å². The standard InChI is InChI=1S/C10H13ClN2O3.ClH/c1-2-9(14)10(12)6-3-4-7(11)8(5-6)13(15)16;/h3-5,9-10,14H,2,12H2,1H3;1H/t9-,10+;/m0./s1. The highest BCUT2D eigenvalue weighted by molar-refractivity contribution is 6.32. The molecule has 1 aromatic rings. The summed E-state index contributed by atoms with van der Waals surface area (Å²) in [6, 6.07) is 3.66. The molecule has 1 rings (SSSR count). The van der Waals surface area contributed by atoms with Crippen LogP contribution in [0.3, 0.4) is 0 Å². The fourth-order valence-electron chi connectivity index (χ4n) is 1.35. The third-order valence-electron chi connectivity index (χ3n) is 2.38. The molecule has 1 aromatic carbocycles. The molecule has 2 atom stereocenters. The number of nitrogens with zero attached hydrogens (tertiary/aromatic N) is 1. The van der Waals surface area contributed by atoms with Gasteiger partial charge in [0.15, 0.2) is 0 Å². The topological polar surface area (TPSA) is 89.4 Å². The van der Waals surface area contributed by atoms with Gasteiger partial charge in [0, 0.05) is 6.07 Å². The van der Waals surface area contributed by atoms with E-state index in [1.54, 1.807) is 13.0 Å². The normalized spacial score (nSPS) is 13.6. The van der Waals surface area contributed by atoms with Crippen molar-refractivity contribution in [3.63, 3.8) is 0 Å². The summed E-state index contributed by atoms with van der Waals surface area (Å²) in [5, 5.41) is 20.3. The Bertz CT molecular complexity index is 401. The highest BCUT2D eigenvalue weighted by Gasteiger charge is 2.19. The molecule has 0 saturated carbocycles. The average Bonchev–Trinajstić information content (AvgIpc) is 2.27. The highest BCUT2D eigenvalue weighted by atomic mass is 35.5. The van der Waals surface area contributed by atoms with Crippen LogP contribution in [-0.2, 0) is 0 Å². The van der Waals surface area contributed by atoms with Crippen LogP contribution in [0.1, 0.15) is 24.9 Å². The molecule has 0 aliphatic carbocycles. The Morgan fingerprint density at radius 3 is 2.65 bits per heavy atom. The van der Waals surface area contributed by atoms with E-state index in [9.17, 15) is 15.2 Å². The summed E-state index contributed by atoms with van der Waals surface area (Å²) in [5.41, 5.74) is 6.06. The molecule has 0 aliphatic heterocycles. The third kappa shape index (κ3) is 3.81. The van der Waals surface area contributed by atoms with Gasteiger partial charge in [-0.25, -0.2) is 0 Å². The minimum absolute atomic E-state index is 0. The van der Waals surface area contributed by atoms with Gasteiger partial charge in [0.2, 0.25) is 0 Å². The smallest absolute Gasteiger partial charge is 0.288 e. The van der Waals surface area contributed by atoms with Crippen LogP contribution in [0.4, 0.5) is 5.69 Å². The number of nitro benzene ring substituents is 1. The van der Waals surface area contributed by atoms with Crippen LogP contribution in [0.2, 0.25) is 5.02 Å². The van der Waals surface area contributed by atoms with E-state index in [2.05, 4.69) is 0 Å². The van der Waals surface area contributed by atoms with E-state index >= 15 is 0 Å². The monoisotopic (exact) mass is 280 g/mol. The van der Waals surface area contributed by atoms with E-state index in [-0.39, 0.29) is 23.1 Å². The van der Waals surface area contributed by atoms with E-state index in [1.165, 1.54) is 12.1 Å². The Balaban J connectivity index is 0.00000256. The summed E-state index contributed by atoms with van der Waals surface area (Å²) in [5.74, 6) is 0. The zero-order valence-electron chi connectivity index (χ0n) is 9.17. The molecule has 0 heterocycles. The zero-order chi connectivity index (χ0) is 12.3. The first-order chi connectivity index (χ1) is 7.47. The summed E-state index contributed by atoms with van der Waals surface area (Å²) >= 11 is 5.66. The molecule has 5 nitrogen and oxygen atoms in total. The first kappa shape index (κ1) is 16.1. The number of hydrogen-bond acceptors (Lipinski definition) is 4. The predicted molar refractivity (Wildman–Crippen MR) is 68.6 cm³/mol. The van der Waals surface area contributed by atoms with Crippen LogP contribution in [0.15, 0.2) is 18.2 Å². The number of aliphatic hydroxyl groups is 1. The van der Waals surface area contributed by atoms with Gasteiger partial charge in [-0.15, -0.1) is 12.4 Å². The van der Waals surface area contributed by atoms with Gasteiger partial charge in [-0.2, -0.15) is 0 Å². The largest absolute Gasteiger partial charge is 0.391 e. The maximum absolute atomic E-state index is 10.7. The van der Waals surface area contributed by atoms with Crippen LogP contribution in [-0.4, -0.2) is 16.1 Å². The van der Waals surface area contributed by atoms with Crippen LogP contribution >= 0.6 is 24.0 Å². The lowest BCUT2D eigenvalue weighted by Crippen LogP contribution is -2.25. The Labute approximate surface area is 110 Å². The maximum Gasteiger partial charge on any atom is 0.288 e. The molecule has 0 bridgehead atoms. The molecule has 7 heteroatoms. The molecular formula is C10H14Cl2N2O3. The first-order valence-electron chi connectivity index (χ1n) is 4.84. The van der Waals surface area contributed by atoms with Crippen molar-refractivity contribution in [3.8, 4) is 0 Å². The first-order valence-corrected chi connectivity index (χ1v) is 5.22. The van der Waals surface area contributed by atoms with Crippen LogP contribution < -0.4 is 5.73 Å². The number of hydrogen-bond donors (Lipinski definition) is 2. The Kier molecular flexibility index (Phi) is 6.41. The predicted octanol–water partition coefficient (Wildman–Crippen LogP) is 2.44. The van der Waals surface area contributed by atoms with Gasteiger partial charge in [-0.05, 0) is 18.1 Å². The molecular weight excluding hydrogens is 267 g/mol. The number of benzene rings is 1. The van der Waals surface area contributed by atoms with Crippen LogP contribution in [0, 0.1) is 10.1 Å². The molecule has 0 unspecified atom stereocenters. The summed E-state index contributed by atoms with van der Waals surface area (Å²) in [6.45, 7) is 1.79. The molecule has 3 N–H and O–H groups in total. The molecule has 17 heavy (non-hydrogen) atoms. The van der Waals surface area contributed by atoms with E-state index in [4.69, 9.17) is 17.3 Å². The number of nitrogens with two attached hydrogens (primary N) is 1. The van der Waals surface area contributed by atoms with Crippen molar-refractivity contribution in [1.29, 1.82) is 0 Å². The molecule has 0 saturated heterocycles. The number of nitro groups is 1. The van der Waals surface area contributed by atoms with Gasteiger partial charge < -0.3 is 10.8 Å². The Morgan fingerprint density at radius 2 is 2.18 bits per heavy atom. The van der Waals surface area contributed by atoms with Crippen molar-refractivity contribution in [2.24, 2.45) is 5.73 Å². The van der Waals surface area contributed by atoms with Crippen molar-refractivity contribution in [3.05, 3.63) is 38.9 Å². The number of aliphatic hydroxyl groups excluding tert-OH is 1. The lowest BCUT2D eigenvalue weighted by atomic mass is 10.0. The summed E-state index contributed by atoms with van der Waals surface area (Å²) in [6.07, 6.45) is -0.238. The van der Waals surface area contributed by atoms with E-state index in [0.29, 0.717) is 12.0 Å². The van der Waals surface area contributed by atoms with Gasteiger partial charge in [0.1, 0.15) is 5.02 Å². The number of rotatable bonds is 4. The second kappa shape index (κ2) is 6.76. The van der Waals surface area contributed by atoms with E-state index < -0.39 is 17.1 Å². The second-order valence-electron chi connectivity index (χ2n) is 3.47. The van der Waals surface area contributed by atoms with E-state index in [1.807, 2.05) is 0 Å². The van der Waals surface area contributed by atoms with Gasteiger partial charge in [-0.1, -0.05) is 24.6 Å². The average molecular weight is 281 g/mol. The quantitative estimate of drug-likeness (QED) is 0.655. The second-order valence-corrected chi connectivity index (χ2v) is 3.88. The molecule has 0 amide bonds. The van der Waals surface area contributed by atoms with Crippen molar-refractivity contribution < 1.29 is 10.0 Å². The van der Waals surface area contributed by atoms with Gasteiger partial charge in [-0.3, -0.25) is 10.1 Å². The minimum atomic E-state index is -0.722. The van der Waals surface area contributed by atoms with Gasteiger partial charge in [0.05, 0.1) is 17.1 Å². The SMILES string of the molecule is CC[C@H](O)[C@H](N)c1ccc(Cl)c([N+](=O)[O-])c1.Cl. The van der Waals surface area contributed by atoms with Crippen LogP contribution in [0.5, 0.6) is 0 Å². The highest BCUT2D eigenvalue weighted by Crippen LogP contribution is 2.28. The van der Waals surface area contributed by atoms with Crippen molar-refractivity contribution in [2.75, 3.05) is 0 Å².